The second-order valence-electron chi connectivity index (χ2n) is 2.82. The van der Waals surface area contributed by atoms with Gasteiger partial charge in [0.2, 0.25) is 10.0 Å². The number of thioether (sulfide) groups is 1. The Bertz CT molecular complexity index is 488. The van der Waals surface area contributed by atoms with Crippen molar-refractivity contribution in [2.45, 2.75) is 4.90 Å². The molecule has 0 amide bonds. The van der Waals surface area contributed by atoms with Crippen LogP contribution in [0.2, 0.25) is 0 Å². The van der Waals surface area contributed by atoms with Crippen molar-refractivity contribution in [1.82, 2.24) is 4.98 Å². The number of nitrogens with zero attached hydrogens (tertiary/aromatic N) is 2. The van der Waals surface area contributed by atoms with Gasteiger partial charge in [-0.25, -0.2) is 13.6 Å². The van der Waals surface area contributed by atoms with Crippen LogP contribution in [0.5, 0.6) is 0 Å². The molecule has 9 heteroatoms. The smallest absolute Gasteiger partial charge is 0.258 e. The summed E-state index contributed by atoms with van der Waals surface area (Å²) in [5.41, 5.74) is -0.137. The largest absolute Gasteiger partial charge is 0.300 e. The van der Waals surface area contributed by atoms with Gasteiger partial charge in [0.05, 0.1) is 15.6 Å². The van der Waals surface area contributed by atoms with E-state index < -0.39 is 14.9 Å². The average molecular weight is 263 g/mol. The zero-order valence-corrected chi connectivity index (χ0v) is 9.70. The summed E-state index contributed by atoms with van der Waals surface area (Å²) in [5.74, 6) is -0.0547. The first-order valence-corrected chi connectivity index (χ1v) is 6.82. The first kappa shape index (κ1) is 12.9. The predicted molar refractivity (Wildman–Crippen MR) is 59.6 cm³/mol. The predicted octanol–water partition coefficient (Wildman–Crippen LogP) is 0.370. The third-order valence-corrected chi connectivity index (χ3v) is 3.68. The summed E-state index contributed by atoms with van der Waals surface area (Å²) in [6.07, 6.45) is 2.53. The van der Waals surface area contributed by atoms with Crippen molar-refractivity contribution < 1.29 is 13.3 Å². The molecular weight excluding hydrogens is 254 g/mol. The van der Waals surface area contributed by atoms with Crippen LogP contribution in [0.25, 0.3) is 0 Å². The standard InChI is InChI=1S/C7H9N3O4S2/c8-16(13,14)4-3-15-7-1-2-9-5-6(7)10(11)12/h1-2,5H,3-4H2,(H2,8,13,14). The lowest BCUT2D eigenvalue weighted by molar-refractivity contribution is -0.388. The maximum atomic E-state index is 10.7. The molecule has 7 nitrogen and oxygen atoms in total. The number of rotatable bonds is 5. The Balaban J connectivity index is 2.71. The minimum absolute atomic E-state index is 0.137. The highest BCUT2D eigenvalue weighted by Gasteiger charge is 2.14. The van der Waals surface area contributed by atoms with E-state index in [4.69, 9.17) is 5.14 Å². The van der Waals surface area contributed by atoms with Crippen LogP contribution in [0.3, 0.4) is 0 Å². The van der Waals surface area contributed by atoms with Crippen LogP contribution in [0.1, 0.15) is 0 Å². The van der Waals surface area contributed by atoms with Crippen LogP contribution in [-0.2, 0) is 10.0 Å². The van der Waals surface area contributed by atoms with E-state index in [1.807, 2.05) is 0 Å². The van der Waals surface area contributed by atoms with Crippen molar-refractivity contribution in [2.75, 3.05) is 11.5 Å². The van der Waals surface area contributed by atoms with E-state index in [2.05, 4.69) is 4.98 Å². The van der Waals surface area contributed by atoms with Gasteiger partial charge in [0.15, 0.2) is 0 Å². The van der Waals surface area contributed by atoms with Crippen molar-refractivity contribution >= 4 is 27.5 Å². The highest BCUT2D eigenvalue weighted by Crippen LogP contribution is 2.27. The Morgan fingerprint density at radius 3 is 2.81 bits per heavy atom. The van der Waals surface area contributed by atoms with Gasteiger partial charge in [0, 0.05) is 11.9 Å². The Labute approximate surface area is 96.3 Å². The molecule has 0 bridgehead atoms. The summed E-state index contributed by atoms with van der Waals surface area (Å²) >= 11 is 1.06. The van der Waals surface area contributed by atoms with E-state index in [0.29, 0.717) is 4.90 Å². The Morgan fingerprint density at radius 1 is 1.56 bits per heavy atom. The molecule has 0 aliphatic heterocycles. The lowest BCUT2D eigenvalue weighted by Crippen LogP contribution is -2.17. The minimum Gasteiger partial charge on any atom is -0.258 e. The SMILES string of the molecule is NS(=O)(=O)CCSc1ccncc1[N+](=O)[O-]. The fourth-order valence-electron chi connectivity index (χ4n) is 0.900. The van der Waals surface area contributed by atoms with Crippen molar-refractivity contribution in [3.8, 4) is 0 Å². The monoisotopic (exact) mass is 263 g/mol. The molecule has 88 valence electrons. The molecule has 16 heavy (non-hydrogen) atoms. The number of pyridine rings is 1. The lowest BCUT2D eigenvalue weighted by Gasteiger charge is -2.01. The van der Waals surface area contributed by atoms with Crippen LogP contribution >= 0.6 is 11.8 Å². The molecule has 2 N–H and O–H groups in total. The summed E-state index contributed by atoms with van der Waals surface area (Å²) in [6, 6.07) is 1.46. The van der Waals surface area contributed by atoms with Crippen LogP contribution < -0.4 is 5.14 Å². The van der Waals surface area contributed by atoms with E-state index in [0.717, 1.165) is 18.0 Å². The number of sulfonamides is 1. The minimum atomic E-state index is -3.53. The summed E-state index contributed by atoms with van der Waals surface area (Å²) in [7, 11) is -3.53. The van der Waals surface area contributed by atoms with Crippen molar-refractivity contribution in [3.63, 3.8) is 0 Å². The summed E-state index contributed by atoms with van der Waals surface area (Å²) in [5, 5.41) is 15.4. The van der Waals surface area contributed by atoms with E-state index in [1.54, 1.807) is 0 Å². The van der Waals surface area contributed by atoms with E-state index in [-0.39, 0.29) is 17.2 Å². The van der Waals surface area contributed by atoms with E-state index in [9.17, 15) is 18.5 Å². The quantitative estimate of drug-likeness (QED) is 0.466. The number of aromatic nitrogens is 1. The number of hydrogen-bond acceptors (Lipinski definition) is 6. The molecule has 0 aromatic carbocycles. The van der Waals surface area contributed by atoms with Crippen LogP contribution in [0.4, 0.5) is 5.69 Å². The summed E-state index contributed by atoms with van der Waals surface area (Å²) in [6.45, 7) is 0. The molecule has 1 aromatic rings. The number of nitro groups is 1. The van der Waals surface area contributed by atoms with Gasteiger partial charge in [-0.2, -0.15) is 0 Å². The fraction of sp³-hybridized carbons (Fsp3) is 0.286. The Hall–Kier alpha value is -1.19. The molecular formula is C7H9N3O4S2. The zero-order valence-electron chi connectivity index (χ0n) is 8.07. The van der Waals surface area contributed by atoms with E-state index in [1.165, 1.54) is 12.3 Å². The van der Waals surface area contributed by atoms with Gasteiger partial charge >= 0.3 is 5.69 Å². The van der Waals surface area contributed by atoms with Gasteiger partial charge in [-0.1, -0.05) is 0 Å². The second-order valence-corrected chi connectivity index (χ2v) is 5.69. The highest BCUT2D eigenvalue weighted by molar-refractivity contribution is 8.00. The molecule has 0 spiro atoms. The molecule has 0 aliphatic rings. The molecule has 1 rings (SSSR count). The molecule has 0 unspecified atom stereocenters. The first-order valence-electron chi connectivity index (χ1n) is 4.12. The third kappa shape index (κ3) is 4.13. The molecule has 0 fully saturated rings. The van der Waals surface area contributed by atoms with Gasteiger partial charge in [-0.05, 0) is 6.07 Å². The molecule has 0 atom stereocenters. The lowest BCUT2D eigenvalue weighted by atomic mass is 10.4. The van der Waals surface area contributed by atoms with Gasteiger partial charge in [0.25, 0.3) is 0 Å². The van der Waals surface area contributed by atoms with Crippen LogP contribution in [0.15, 0.2) is 23.4 Å². The number of hydrogen-bond donors (Lipinski definition) is 1. The van der Waals surface area contributed by atoms with Gasteiger partial charge in [0.1, 0.15) is 6.20 Å². The van der Waals surface area contributed by atoms with Crippen LogP contribution in [-0.4, -0.2) is 29.8 Å². The zero-order chi connectivity index (χ0) is 12.2. The summed E-state index contributed by atoms with van der Waals surface area (Å²) in [4.78, 5) is 14.0. The first-order chi connectivity index (χ1) is 7.40. The normalized spacial score (nSPS) is 11.3. The molecule has 0 saturated heterocycles. The number of nitrogens with two attached hydrogens (primary N) is 1. The number of primary sulfonamides is 1. The van der Waals surface area contributed by atoms with Crippen molar-refractivity contribution in [2.24, 2.45) is 5.14 Å². The molecule has 0 saturated carbocycles. The summed E-state index contributed by atoms with van der Waals surface area (Å²) < 4.78 is 21.3. The topological polar surface area (TPSA) is 116 Å². The average Bonchev–Trinajstić information content (AvgIpc) is 2.16. The van der Waals surface area contributed by atoms with Crippen molar-refractivity contribution in [3.05, 3.63) is 28.6 Å². The molecule has 1 heterocycles. The maximum absolute atomic E-state index is 10.7. The Morgan fingerprint density at radius 2 is 2.25 bits per heavy atom. The second kappa shape index (κ2) is 5.23. The molecule has 0 aliphatic carbocycles. The maximum Gasteiger partial charge on any atom is 0.300 e. The third-order valence-electron chi connectivity index (χ3n) is 1.58. The highest BCUT2D eigenvalue weighted by atomic mass is 32.2. The van der Waals surface area contributed by atoms with Gasteiger partial charge in [-0.15, -0.1) is 11.8 Å². The molecule has 0 radical (unpaired) electrons. The van der Waals surface area contributed by atoms with Gasteiger partial charge < -0.3 is 0 Å². The van der Waals surface area contributed by atoms with Crippen molar-refractivity contribution in [1.29, 1.82) is 0 Å². The molecule has 1 aromatic heterocycles. The van der Waals surface area contributed by atoms with Gasteiger partial charge in [-0.3, -0.25) is 15.1 Å². The Kier molecular flexibility index (Phi) is 4.21. The van der Waals surface area contributed by atoms with Crippen LogP contribution in [0, 0.1) is 10.1 Å². The van der Waals surface area contributed by atoms with E-state index >= 15 is 0 Å². The fourth-order valence-corrected chi connectivity index (χ4v) is 2.81.